The highest BCUT2D eigenvalue weighted by Gasteiger charge is 2.19. The number of unbranched alkanes of at least 4 members (excludes halogenated alkanes) is 26. The second-order valence-corrected chi connectivity index (χ2v) is 21.6. The number of ether oxygens (including phenoxy) is 3. The zero-order chi connectivity index (χ0) is 57.8. The fraction of sp³-hybridized carbons (Fsp3) is 0.662. The molecule has 0 aliphatic heterocycles. The van der Waals surface area contributed by atoms with Crippen LogP contribution in [0.1, 0.15) is 297 Å². The molecule has 1 unspecified atom stereocenters. The number of hydrogen-bond donors (Lipinski definition) is 0. The first kappa shape index (κ1) is 75.5. The molecule has 0 radical (unpaired) electrons. The minimum absolute atomic E-state index is 0.0910. The first-order valence-electron chi connectivity index (χ1n) is 33.2. The Bertz CT molecular complexity index is 1700. The zero-order valence-electron chi connectivity index (χ0n) is 52.0. The highest BCUT2D eigenvalue weighted by Crippen LogP contribution is 2.15. The predicted molar refractivity (Wildman–Crippen MR) is 348 cm³/mol. The zero-order valence-corrected chi connectivity index (χ0v) is 52.0. The monoisotopic (exact) mass is 1110 g/mol. The molecule has 0 bridgehead atoms. The minimum Gasteiger partial charge on any atom is -0.462 e. The van der Waals surface area contributed by atoms with E-state index in [4.69, 9.17) is 14.2 Å². The van der Waals surface area contributed by atoms with Crippen LogP contribution in [0.4, 0.5) is 0 Å². The van der Waals surface area contributed by atoms with E-state index in [-0.39, 0.29) is 31.1 Å². The number of carbonyl (C=O) groups is 3. The molecular weight excluding hydrogens is 985 g/mol. The van der Waals surface area contributed by atoms with Gasteiger partial charge in [-0.2, -0.15) is 0 Å². The molecule has 0 aromatic carbocycles. The van der Waals surface area contributed by atoms with Gasteiger partial charge in [-0.05, 0) is 141 Å². The average Bonchev–Trinajstić information content (AvgIpc) is 3.46. The van der Waals surface area contributed by atoms with E-state index in [1.165, 1.54) is 122 Å². The van der Waals surface area contributed by atoms with Crippen molar-refractivity contribution < 1.29 is 28.6 Å². The van der Waals surface area contributed by atoms with Gasteiger partial charge in [-0.1, -0.05) is 270 Å². The van der Waals surface area contributed by atoms with Crippen molar-refractivity contribution in [1.29, 1.82) is 0 Å². The topological polar surface area (TPSA) is 78.9 Å². The molecule has 80 heavy (non-hydrogen) atoms. The van der Waals surface area contributed by atoms with Gasteiger partial charge in [0, 0.05) is 19.3 Å². The standard InChI is InChI=1S/C74H122O6/c1-4-7-10-13-16-19-22-25-27-29-31-32-33-34-35-36-37-38-39-40-41-42-44-45-47-49-52-55-58-61-64-67-73(76)79-70-71(69-78-72(75)66-63-60-57-54-51-24-21-18-15-12-9-6-3)80-74(77)68-65-62-59-56-53-50-48-46-43-30-28-26-23-20-17-14-11-8-5-2/h7,10,16-21,25-28,31-32,34-35,37-38,40-41,44-45,71H,4-6,8-9,11-15,22-24,29-30,33,36,39,42-43,46-70H2,1-3H3/b10-7-,19-16-,20-17-,21-18-,27-25-,28-26-,32-31-,35-34-,38-37-,41-40-,45-44-. The van der Waals surface area contributed by atoms with E-state index in [2.05, 4.69) is 154 Å². The summed E-state index contributed by atoms with van der Waals surface area (Å²) in [4.78, 5) is 38.3. The maximum atomic E-state index is 12.9. The van der Waals surface area contributed by atoms with Crippen molar-refractivity contribution in [3.8, 4) is 0 Å². The van der Waals surface area contributed by atoms with E-state index < -0.39 is 6.10 Å². The lowest BCUT2D eigenvalue weighted by molar-refractivity contribution is -0.167. The van der Waals surface area contributed by atoms with Crippen molar-refractivity contribution in [1.82, 2.24) is 0 Å². The summed E-state index contributed by atoms with van der Waals surface area (Å²) >= 11 is 0. The molecule has 0 saturated carbocycles. The first-order chi connectivity index (χ1) is 39.5. The molecule has 0 aromatic rings. The van der Waals surface area contributed by atoms with Gasteiger partial charge >= 0.3 is 17.9 Å². The normalized spacial score (nSPS) is 13.0. The fourth-order valence-corrected chi connectivity index (χ4v) is 8.89. The number of allylic oxidation sites excluding steroid dienone is 22. The number of carbonyl (C=O) groups excluding carboxylic acids is 3. The Labute approximate surface area is 494 Å². The molecule has 0 rings (SSSR count). The predicted octanol–water partition coefficient (Wildman–Crippen LogP) is 22.9. The molecule has 0 aliphatic carbocycles. The molecule has 0 heterocycles. The molecule has 0 aromatic heterocycles. The number of hydrogen-bond acceptors (Lipinski definition) is 6. The summed E-state index contributed by atoms with van der Waals surface area (Å²) in [5.41, 5.74) is 0. The molecule has 0 N–H and O–H groups in total. The van der Waals surface area contributed by atoms with E-state index in [1.54, 1.807) is 0 Å². The summed E-state index contributed by atoms with van der Waals surface area (Å²) in [7, 11) is 0. The Morgan fingerprint density at radius 1 is 0.263 bits per heavy atom. The second kappa shape index (κ2) is 67.1. The van der Waals surface area contributed by atoms with Crippen LogP contribution in [0.15, 0.2) is 134 Å². The number of esters is 3. The first-order valence-corrected chi connectivity index (χ1v) is 33.2. The summed E-state index contributed by atoms with van der Waals surface area (Å²) < 4.78 is 16.9. The SMILES string of the molecule is CC/C=C\C/C=C\C/C=C\C/C=C\C/C=C\C/C=C\C/C=C\C/C=C\CCCCCCCCC(=O)OCC(COC(=O)CCCCCCC/C=C\CCCCC)OC(=O)CCCCCCCCCCC/C=C\C/C=C\CCCCC. The summed E-state index contributed by atoms with van der Waals surface area (Å²) in [5.74, 6) is -0.915. The Balaban J connectivity index is 4.33. The lowest BCUT2D eigenvalue weighted by Gasteiger charge is -2.18. The molecular formula is C74H122O6. The lowest BCUT2D eigenvalue weighted by Crippen LogP contribution is -2.30. The van der Waals surface area contributed by atoms with Gasteiger partial charge in [-0.25, -0.2) is 0 Å². The van der Waals surface area contributed by atoms with Crippen LogP contribution >= 0.6 is 0 Å². The van der Waals surface area contributed by atoms with E-state index in [1.807, 2.05) is 0 Å². The third kappa shape index (κ3) is 64.4. The van der Waals surface area contributed by atoms with Crippen LogP contribution in [0.2, 0.25) is 0 Å². The third-order valence-corrected chi connectivity index (χ3v) is 13.9. The van der Waals surface area contributed by atoms with Crippen LogP contribution in [-0.4, -0.2) is 37.2 Å². The van der Waals surface area contributed by atoms with Gasteiger partial charge in [0.2, 0.25) is 0 Å². The van der Waals surface area contributed by atoms with Crippen molar-refractivity contribution in [2.24, 2.45) is 0 Å². The van der Waals surface area contributed by atoms with Crippen molar-refractivity contribution in [3.63, 3.8) is 0 Å². The van der Waals surface area contributed by atoms with Crippen molar-refractivity contribution >= 4 is 17.9 Å². The van der Waals surface area contributed by atoms with Gasteiger partial charge in [0.05, 0.1) is 0 Å². The largest absolute Gasteiger partial charge is 0.462 e. The maximum absolute atomic E-state index is 12.9. The summed E-state index contributed by atoms with van der Waals surface area (Å²) in [5, 5.41) is 0. The molecule has 0 saturated heterocycles. The highest BCUT2D eigenvalue weighted by molar-refractivity contribution is 5.71. The van der Waals surface area contributed by atoms with Gasteiger partial charge in [0.25, 0.3) is 0 Å². The van der Waals surface area contributed by atoms with Gasteiger partial charge in [0.15, 0.2) is 6.10 Å². The Hall–Kier alpha value is -4.45. The third-order valence-electron chi connectivity index (χ3n) is 13.9. The van der Waals surface area contributed by atoms with E-state index >= 15 is 0 Å². The summed E-state index contributed by atoms with van der Waals surface area (Å²) in [6.07, 6.45) is 94.6. The molecule has 6 heteroatoms. The Morgan fingerprint density at radius 2 is 0.487 bits per heavy atom. The minimum atomic E-state index is -0.795. The van der Waals surface area contributed by atoms with Crippen molar-refractivity contribution in [2.75, 3.05) is 13.2 Å². The van der Waals surface area contributed by atoms with Crippen LogP contribution in [0.25, 0.3) is 0 Å². The average molecular weight is 1110 g/mol. The quantitative estimate of drug-likeness (QED) is 0.0261. The smallest absolute Gasteiger partial charge is 0.306 e. The van der Waals surface area contributed by atoms with Gasteiger partial charge in [0.1, 0.15) is 13.2 Å². The molecule has 0 fully saturated rings. The van der Waals surface area contributed by atoms with Crippen LogP contribution in [-0.2, 0) is 28.6 Å². The second-order valence-electron chi connectivity index (χ2n) is 21.6. The van der Waals surface area contributed by atoms with Crippen molar-refractivity contribution in [2.45, 2.75) is 303 Å². The summed E-state index contributed by atoms with van der Waals surface area (Å²) in [6, 6.07) is 0. The van der Waals surface area contributed by atoms with Gasteiger partial charge in [-0.15, -0.1) is 0 Å². The van der Waals surface area contributed by atoms with Crippen LogP contribution in [0, 0.1) is 0 Å². The lowest BCUT2D eigenvalue weighted by atomic mass is 10.1. The van der Waals surface area contributed by atoms with E-state index in [0.717, 1.165) is 135 Å². The van der Waals surface area contributed by atoms with Crippen LogP contribution in [0.3, 0.4) is 0 Å². The van der Waals surface area contributed by atoms with Gasteiger partial charge in [-0.3, -0.25) is 14.4 Å². The molecule has 0 amide bonds. The molecule has 0 aliphatic rings. The Morgan fingerprint density at radius 3 is 0.775 bits per heavy atom. The fourth-order valence-electron chi connectivity index (χ4n) is 8.89. The molecule has 454 valence electrons. The molecule has 0 spiro atoms. The van der Waals surface area contributed by atoms with Crippen LogP contribution in [0.5, 0.6) is 0 Å². The maximum Gasteiger partial charge on any atom is 0.306 e. The van der Waals surface area contributed by atoms with E-state index in [9.17, 15) is 14.4 Å². The highest BCUT2D eigenvalue weighted by atomic mass is 16.6. The molecule has 1 atom stereocenters. The Kier molecular flexibility index (Phi) is 63.3. The van der Waals surface area contributed by atoms with Crippen molar-refractivity contribution in [3.05, 3.63) is 134 Å². The summed E-state index contributed by atoms with van der Waals surface area (Å²) in [6.45, 7) is 6.46. The number of rotatable bonds is 59. The van der Waals surface area contributed by atoms with Gasteiger partial charge < -0.3 is 14.2 Å². The van der Waals surface area contributed by atoms with E-state index in [0.29, 0.717) is 19.3 Å². The van der Waals surface area contributed by atoms with Crippen LogP contribution < -0.4 is 0 Å². The molecule has 6 nitrogen and oxygen atoms in total.